The number of nitrogens with zero attached hydrogens (tertiary/aromatic N) is 3. The van der Waals surface area contributed by atoms with Gasteiger partial charge in [-0.3, -0.25) is 4.40 Å². The molecule has 0 radical (unpaired) electrons. The number of benzene rings is 5. The summed E-state index contributed by atoms with van der Waals surface area (Å²) in [6.07, 6.45) is 0. The zero-order valence-electron chi connectivity index (χ0n) is 18.6. The van der Waals surface area contributed by atoms with E-state index in [9.17, 15) is 0 Å². The molecule has 4 heterocycles. The number of hydrogen-bond donors (Lipinski definition) is 0. The molecular formula is C31H17N3O. The quantitative estimate of drug-likeness (QED) is 0.239. The minimum atomic E-state index is 0.875. The first-order valence-corrected chi connectivity index (χ1v) is 11.8. The van der Waals surface area contributed by atoms with E-state index in [0.717, 1.165) is 55.4 Å². The van der Waals surface area contributed by atoms with Crippen LogP contribution in [-0.4, -0.2) is 13.8 Å². The summed E-state index contributed by atoms with van der Waals surface area (Å²) in [7, 11) is 0. The Balaban J connectivity index is 1.55. The van der Waals surface area contributed by atoms with Crippen LogP contribution in [0.5, 0.6) is 0 Å². The summed E-state index contributed by atoms with van der Waals surface area (Å²) < 4.78 is 11.1. The van der Waals surface area contributed by atoms with Crippen molar-refractivity contribution >= 4 is 65.8 Å². The fraction of sp³-hybridized carbons (Fsp3) is 0. The molecule has 9 rings (SSSR count). The maximum Gasteiger partial charge on any atom is 0.149 e. The number of hydrogen-bond acceptors (Lipinski definition) is 2. The van der Waals surface area contributed by atoms with E-state index in [0.29, 0.717) is 0 Å². The molecule has 0 unspecified atom stereocenters. The second-order valence-electron chi connectivity index (χ2n) is 9.22. The molecule has 0 fully saturated rings. The first-order chi connectivity index (χ1) is 17.4. The second-order valence-corrected chi connectivity index (χ2v) is 9.22. The highest BCUT2D eigenvalue weighted by molar-refractivity contribution is 6.17. The van der Waals surface area contributed by atoms with E-state index in [1.165, 1.54) is 21.8 Å². The van der Waals surface area contributed by atoms with Crippen LogP contribution in [0.4, 0.5) is 0 Å². The fourth-order valence-corrected chi connectivity index (χ4v) is 6.06. The van der Waals surface area contributed by atoms with E-state index in [1.807, 2.05) is 12.1 Å². The van der Waals surface area contributed by atoms with Crippen molar-refractivity contribution in [3.05, 3.63) is 103 Å². The van der Waals surface area contributed by atoms with Gasteiger partial charge >= 0.3 is 0 Å². The Labute approximate surface area is 198 Å². The standard InChI is InChI=1S/C31H17N3O/c1-3-14-24-18(8-1)20-10-6-15-25-28(20)33(24)26-16-7-13-23-29(26)34(25)31(32-23)22-12-5-11-21-19-9-2-4-17-27(19)35-30(21)22/h1-17H. The first-order valence-electron chi connectivity index (χ1n) is 11.8. The SMILES string of the molecule is c1ccc2c(c1)oc1c(-c3nc4cccc5c4n3c3cccc4c6ccccc6n5c43)cccc12. The molecule has 0 aliphatic heterocycles. The van der Waals surface area contributed by atoms with Gasteiger partial charge in [0, 0.05) is 21.5 Å². The highest BCUT2D eigenvalue weighted by Crippen LogP contribution is 2.41. The summed E-state index contributed by atoms with van der Waals surface area (Å²) >= 11 is 0. The van der Waals surface area contributed by atoms with E-state index >= 15 is 0 Å². The van der Waals surface area contributed by atoms with Crippen LogP contribution in [0, 0.1) is 0 Å². The van der Waals surface area contributed by atoms with Crippen molar-refractivity contribution in [1.29, 1.82) is 0 Å². The van der Waals surface area contributed by atoms with E-state index in [4.69, 9.17) is 9.40 Å². The molecule has 0 spiro atoms. The van der Waals surface area contributed by atoms with Crippen molar-refractivity contribution < 1.29 is 4.42 Å². The molecule has 0 aliphatic rings. The molecule has 9 aromatic rings. The monoisotopic (exact) mass is 447 g/mol. The van der Waals surface area contributed by atoms with E-state index in [2.05, 4.69) is 99.8 Å². The molecule has 0 atom stereocenters. The van der Waals surface area contributed by atoms with Gasteiger partial charge < -0.3 is 8.82 Å². The maximum absolute atomic E-state index is 6.41. The van der Waals surface area contributed by atoms with Crippen LogP contribution >= 0.6 is 0 Å². The third-order valence-electron chi connectivity index (χ3n) is 7.46. The molecule has 162 valence electrons. The van der Waals surface area contributed by atoms with Gasteiger partial charge in [-0.25, -0.2) is 4.98 Å². The van der Waals surface area contributed by atoms with Gasteiger partial charge in [0.15, 0.2) is 0 Å². The van der Waals surface area contributed by atoms with Crippen molar-refractivity contribution in [3.63, 3.8) is 0 Å². The van der Waals surface area contributed by atoms with Gasteiger partial charge in [-0.05, 0) is 36.4 Å². The fourth-order valence-electron chi connectivity index (χ4n) is 6.06. The predicted molar refractivity (Wildman–Crippen MR) is 143 cm³/mol. The van der Waals surface area contributed by atoms with Crippen molar-refractivity contribution in [2.24, 2.45) is 0 Å². The Morgan fingerprint density at radius 2 is 1.20 bits per heavy atom. The van der Waals surface area contributed by atoms with Crippen molar-refractivity contribution in [3.8, 4) is 11.4 Å². The van der Waals surface area contributed by atoms with Crippen LogP contribution in [0.25, 0.3) is 77.2 Å². The van der Waals surface area contributed by atoms with Gasteiger partial charge in [0.05, 0.1) is 38.7 Å². The van der Waals surface area contributed by atoms with Crippen LogP contribution in [-0.2, 0) is 0 Å². The van der Waals surface area contributed by atoms with E-state index in [1.54, 1.807) is 0 Å². The minimum absolute atomic E-state index is 0.875. The van der Waals surface area contributed by atoms with Gasteiger partial charge in [0.1, 0.15) is 17.0 Å². The Bertz CT molecular complexity index is 2280. The third kappa shape index (κ3) is 2.02. The minimum Gasteiger partial charge on any atom is -0.455 e. The lowest BCUT2D eigenvalue weighted by Gasteiger charge is -2.11. The molecule has 4 heteroatoms. The second kappa shape index (κ2) is 5.99. The van der Waals surface area contributed by atoms with Gasteiger partial charge in [0.2, 0.25) is 0 Å². The van der Waals surface area contributed by atoms with Crippen LogP contribution in [0.15, 0.2) is 108 Å². The molecule has 0 saturated carbocycles. The summed E-state index contributed by atoms with van der Waals surface area (Å²) in [6.45, 7) is 0. The molecule has 0 bridgehead atoms. The molecular weight excluding hydrogens is 430 g/mol. The summed E-state index contributed by atoms with van der Waals surface area (Å²) in [5, 5.41) is 4.76. The van der Waals surface area contributed by atoms with Crippen molar-refractivity contribution in [2.45, 2.75) is 0 Å². The Kier molecular flexibility index (Phi) is 3.01. The topological polar surface area (TPSA) is 34.9 Å². The van der Waals surface area contributed by atoms with Gasteiger partial charge in [-0.15, -0.1) is 0 Å². The van der Waals surface area contributed by atoms with E-state index < -0.39 is 0 Å². The molecule has 0 aliphatic carbocycles. The molecule has 0 N–H and O–H groups in total. The van der Waals surface area contributed by atoms with Crippen molar-refractivity contribution in [1.82, 2.24) is 13.8 Å². The number of imidazole rings is 1. The molecule has 4 nitrogen and oxygen atoms in total. The third-order valence-corrected chi connectivity index (χ3v) is 7.46. The van der Waals surface area contributed by atoms with Crippen LogP contribution in [0.2, 0.25) is 0 Å². The van der Waals surface area contributed by atoms with Crippen LogP contribution < -0.4 is 0 Å². The number of aromatic nitrogens is 3. The molecule has 35 heavy (non-hydrogen) atoms. The summed E-state index contributed by atoms with van der Waals surface area (Å²) in [5.74, 6) is 0.904. The normalized spacial score (nSPS) is 12.6. The predicted octanol–water partition coefficient (Wildman–Crippen LogP) is 8.05. The molecule has 0 saturated heterocycles. The lowest BCUT2D eigenvalue weighted by atomic mass is 10.1. The lowest BCUT2D eigenvalue weighted by molar-refractivity contribution is 0.669. The van der Waals surface area contributed by atoms with Crippen LogP contribution in [0.3, 0.4) is 0 Å². The Morgan fingerprint density at radius 3 is 2.14 bits per heavy atom. The summed E-state index contributed by atoms with van der Waals surface area (Å²) in [4.78, 5) is 5.19. The average molecular weight is 447 g/mol. The molecule has 4 aromatic heterocycles. The largest absolute Gasteiger partial charge is 0.455 e. The number of fused-ring (bicyclic) bond motifs is 8. The highest BCUT2D eigenvalue weighted by atomic mass is 16.3. The molecule has 0 amide bonds. The molecule has 5 aromatic carbocycles. The summed E-state index contributed by atoms with van der Waals surface area (Å²) in [6, 6.07) is 36.2. The summed E-state index contributed by atoms with van der Waals surface area (Å²) in [5.41, 5.74) is 9.60. The Morgan fingerprint density at radius 1 is 0.514 bits per heavy atom. The smallest absolute Gasteiger partial charge is 0.149 e. The van der Waals surface area contributed by atoms with E-state index in [-0.39, 0.29) is 0 Å². The van der Waals surface area contributed by atoms with Crippen molar-refractivity contribution in [2.75, 3.05) is 0 Å². The first kappa shape index (κ1) is 17.6. The lowest BCUT2D eigenvalue weighted by Crippen LogP contribution is -1.98. The number of para-hydroxylation sites is 5. The zero-order valence-corrected chi connectivity index (χ0v) is 18.6. The highest BCUT2D eigenvalue weighted by Gasteiger charge is 2.23. The number of furan rings is 1. The van der Waals surface area contributed by atoms with Gasteiger partial charge in [0.25, 0.3) is 0 Å². The average Bonchev–Trinajstić information content (AvgIpc) is 3.58. The van der Waals surface area contributed by atoms with Gasteiger partial charge in [-0.1, -0.05) is 66.7 Å². The zero-order chi connectivity index (χ0) is 22.7. The van der Waals surface area contributed by atoms with Crippen LogP contribution in [0.1, 0.15) is 0 Å². The van der Waals surface area contributed by atoms with Gasteiger partial charge in [-0.2, -0.15) is 0 Å². The number of rotatable bonds is 1. The maximum atomic E-state index is 6.41. The Hall–Kier alpha value is -4.83.